The summed E-state index contributed by atoms with van der Waals surface area (Å²) in [5.41, 5.74) is 0. The summed E-state index contributed by atoms with van der Waals surface area (Å²) in [6.07, 6.45) is -2.52. The Morgan fingerprint density at radius 2 is 1.07 bits per heavy atom. The molecule has 0 spiro atoms. The second-order valence-corrected chi connectivity index (χ2v) is 11.7. The number of carbonyl (C=O) groups is 2. The number of fused-ring (bicyclic) bond motifs is 2. The van der Waals surface area contributed by atoms with E-state index < -0.39 is 49.5 Å². The van der Waals surface area contributed by atoms with Crippen LogP contribution >= 0.6 is 22.7 Å². The van der Waals surface area contributed by atoms with Crippen molar-refractivity contribution in [3.05, 3.63) is 46.2 Å². The Kier molecular flexibility index (Phi) is 9.90. The van der Waals surface area contributed by atoms with Gasteiger partial charge in [-0.1, -0.05) is 0 Å². The van der Waals surface area contributed by atoms with Crippen LogP contribution in [-0.4, -0.2) is 49.6 Å². The first-order valence-electron chi connectivity index (χ1n) is 13.0. The van der Waals surface area contributed by atoms with Crippen LogP contribution in [0.3, 0.4) is 0 Å². The smallest absolute Gasteiger partial charge is 0.303 e. The quantitative estimate of drug-likeness (QED) is 0.0936. The molecule has 2 heterocycles. The van der Waals surface area contributed by atoms with E-state index in [-0.39, 0.29) is 23.0 Å². The van der Waals surface area contributed by atoms with Crippen LogP contribution in [0.4, 0.5) is 17.6 Å². The Hall–Kier alpha value is -3.78. The van der Waals surface area contributed by atoms with Crippen molar-refractivity contribution < 1.29 is 56.3 Å². The molecule has 2 aromatic carbocycles. The minimum atomic E-state index is -3.29. The van der Waals surface area contributed by atoms with Crippen LogP contribution in [0, 0.1) is 0 Å². The fourth-order valence-corrected chi connectivity index (χ4v) is 6.35. The van der Waals surface area contributed by atoms with Crippen molar-refractivity contribution in [3.63, 3.8) is 0 Å². The Morgan fingerprint density at radius 3 is 1.51 bits per heavy atom. The van der Waals surface area contributed by atoms with E-state index in [4.69, 9.17) is 29.2 Å². The topological polar surface area (TPSA) is 112 Å². The molecule has 0 fully saturated rings. The van der Waals surface area contributed by atoms with Gasteiger partial charge in [0.15, 0.2) is 23.0 Å². The molecule has 8 nitrogen and oxygen atoms in total. The van der Waals surface area contributed by atoms with Crippen LogP contribution in [0.15, 0.2) is 36.4 Å². The van der Waals surface area contributed by atoms with Crippen molar-refractivity contribution >= 4 is 54.8 Å². The minimum absolute atomic E-state index is 0.178. The first-order chi connectivity index (χ1) is 20.3. The molecule has 0 radical (unpaired) electrons. The minimum Gasteiger partial charge on any atom is -0.493 e. The van der Waals surface area contributed by atoms with Crippen molar-refractivity contribution in [1.82, 2.24) is 0 Å². The van der Waals surface area contributed by atoms with Gasteiger partial charge in [0.1, 0.15) is 0 Å². The second kappa shape index (κ2) is 13.2. The van der Waals surface area contributed by atoms with Gasteiger partial charge in [0.05, 0.1) is 50.0 Å². The van der Waals surface area contributed by atoms with Crippen molar-refractivity contribution in [2.24, 2.45) is 0 Å². The fourth-order valence-electron chi connectivity index (χ4n) is 4.20. The molecule has 0 unspecified atom stereocenters. The van der Waals surface area contributed by atoms with Gasteiger partial charge < -0.3 is 29.2 Å². The highest BCUT2D eigenvalue weighted by atomic mass is 32.1. The number of thiophene rings is 2. The van der Waals surface area contributed by atoms with Crippen LogP contribution in [-0.2, 0) is 21.4 Å². The largest absolute Gasteiger partial charge is 0.493 e. The van der Waals surface area contributed by atoms with E-state index in [1.54, 1.807) is 24.3 Å². The second-order valence-electron chi connectivity index (χ2n) is 9.55. The van der Waals surface area contributed by atoms with Crippen LogP contribution < -0.4 is 18.9 Å². The monoisotopic (exact) mass is 644 g/mol. The predicted octanol–water partition coefficient (Wildman–Crippen LogP) is 7.89. The van der Waals surface area contributed by atoms with E-state index in [9.17, 15) is 27.2 Å². The standard InChI is InChI=1S/C29H28F4O8S2/c1-38-18-10-16-12-24(28(30,31)6-4-26(34)35)43-23(16)15-21(18)41-9-3-8-40-20-11-17-13-25(29(32,33)7-5-27(36)37)42-22(17)14-19(20)39-2/h10-15H,3-9H2,1-2H3,(H,34,35)(H,36,37). The van der Waals surface area contributed by atoms with Crippen LogP contribution in [0.1, 0.15) is 41.9 Å². The number of carboxylic acids is 2. The van der Waals surface area contributed by atoms with Crippen LogP contribution in [0.5, 0.6) is 23.0 Å². The molecular formula is C29H28F4O8S2. The van der Waals surface area contributed by atoms with Gasteiger partial charge in [-0.3, -0.25) is 9.59 Å². The van der Waals surface area contributed by atoms with Crippen molar-refractivity contribution in [2.75, 3.05) is 27.4 Å². The highest BCUT2D eigenvalue weighted by Crippen LogP contribution is 2.45. The molecule has 0 amide bonds. The SMILES string of the molecule is COc1cc2sc(C(F)(F)CCC(=O)O)cc2cc1OCCCOc1cc2sc(C(F)(F)CCC(=O)O)cc2cc1OC. The number of rotatable bonds is 16. The van der Waals surface area contributed by atoms with Gasteiger partial charge >= 0.3 is 11.9 Å². The first-order valence-corrected chi connectivity index (χ1v) is 14.6. The molecule has 0 saturated heterocycles. The normalized spacial score (nSPS) is 12.0. The first kappa shape index (κ1) is 32.1. The summed E-state index contributed by atoms with van der Waals surface area (Å²) in [5, 5.41) is 18.5. The number of alkyl halides is 4. The molecule has 14 heteroatoms. The average molecular weight is 645 g/mol. The van der Waals surface area contributed by atoms with E-state index in [2.05, 4.69) is 0 Å². The lowest BCUT2D eigenvalue weighted by Crippen LogP contribution is -2.13. The third-order valence-electron chi connectivity index (χ3n) is 6.44. The third-order valence-corrected chi connectivity index (χ3v) is 8.86. The maximum Gasteiger partial charge on any atom is 0.303 e. The van der Waals surface area contributed by atoms with Crippen LogP contribution in [0.2, 0.25) is 0 Å². The molecule has 0 aliphatic heterocycles. The molecule has 0 atom stereocenters. The number of hydrogen-bond donors (Lipinski definition) is 2. The van der Waals surface area contributed by atoms with Crippen molar-refractivity contribution in [3.8, 4) is 23.0 Å². The molecule has 0 aliphatic rings. The van der Waals surface area contributed by atoms with Gasteiger partial charge in [0.2, 0.25) is 0 Å². The fraction of sp³-hybridized carbons (Fsp3) is 0.379. The van der Waals surface area contributed by atoms with Gasteiger partial charge in [-0.15, -0.1) is 22.7 Å². The van der Waals surface area contributed by atoms with Crippen molar-refractivity contribution in [2.45, 2.75) is 43.9 Å². The Labute approximate surface area is 251 Å². The summed E-state index contributed by atoms with van der Waals surface area (Å²) >= 11 is 1.71. The average Bonchev–Trinajstić information content (AvgIpc) is 3.58. The summed E-state index contributed by atoms with van der Waals surface area (Å²) < 4.78 is 81.6. The lowest BCUT2D eigenvalue weighted by Gasteiger charge is -2.13. The summed E-state index contributed by atoms with van der Waals surface area (Å²) in [6, 6.07) is 8.98. The molecule has 2 aromatic heterocycles. The number of carboxylic acid groups (broad SMARTS) is 2. The predicted molar refractivity (Wildman–Crippen MR) is 154 cm³/mol. The zero-order valence-electron chi connectivity index (χ0n) is 23.1. The maximum absolute atomic E-state index is 14.5. The molecule has 4 aromatic rings. The summed E-state index contributed by atoms with van der Waals surface area (Å²) in [5.74, 6) is -7.81. The molecule has 43 heavy (non-hydrogen) atoms. The highest BCUT2D eigenvalue weighted by molar-refractivity contribution is 7.19. The molecule has 0 bridgehead atoms. The molecule has 2 N–H and O–H groups in total. The number of aliphatic carboxylic acids is 2. The van der Waals surface area contributed by atoms with E-state index in [1.807, 2.05) is 0 Å². The third kappa shape index (κ3) is 7.79. The number of ether oxygens (including phenoxy) is 4. The Bertz CT molecular complexity index is 1500. The summed E-state index contributed by atoms with van der Waals surface area (Å²) in [4.78, 5) is 21.0. The summed E-state index contributed by atoms with van der Waals surface area (Å²) in [6.45, 7) is 0.356. The van der Waals surface area contributed by atoms with Gasteiger partial charge in [0.25, 0.3) is 11.8 Å². The van der Waals surface area contributed by atoms with E-state index in [0.29, 0.717) is 49.6 Å². The molecular weight excluding hydrogens is 616 g/mol. The van der Waals surface area contributed by atoms with Crippen LogP contribution in [0.25, 0.3) is 20.2 Å². The zero-order chi connectivity index (χ0) is 31.4. The highest BCUT2D eigenvalue weighted by Gasteiger charge is 2.35. The number of hydrogen-bond acceptors (Lipinski definition) is 8. The lowest BCUT2D eigenvalue weighted by atomic mass is 10.1. The Morgan fingerprint density at radius 1 is 0.674 bits per heavy atom. The summed E-state index contributed by atoms with van der Waals surface area (Å²) in [7, 11) is 2.85. The lowest BCUT2D eigenvalue weighted by molar-refractivity contribution is -0.140. The molecule has 0 saturated carbocycles. The zero-order valence-corrected chi connectivity index (χ0v) is 24.7. The number of methoxy groups -OCH3 is 2. The van der Waals surface area contributed by atoms with E-state index in [0.717, 1.165) is 22.7 Å². The van der Waals surface area contributed by atoms with E-state index in [1.165, 1.54) is 26.4 Å². The maximum atomic E-state index is 14.5. The molecule has 0 aliphatic carbocycles. The number of benzene rings is 2. The van der Waals surface area contributed by atoms with Gasteiger partial charge in [-0.2, -0.15) is 0 Å². The van der Waals surface area contributed by atoms with Gasteiger partial charge in [0, 0.05) is 40.8 Å². The van der Waals surface area contributed by atoms with E-state index >= 15 is 0 Å². The Balaban J connectivity index is 1.39. The van der Waals surface area contributed by atoms with Crippen molar-refractivity contribution in [1.29, 1.82) is 0 Å². The molecule has 232 valence electrons. The molecule has 4 rings (SSSR count). The van der Waals surface area contributed by atoms with Gasteiger partial charge in [-0.25, -0.2) is 17.6 Å². The van der Waals surface area contributed by atoms with Gasteiger partial charge in [-0.05, 0) is 35.0 Å². The number of halogens is 4.